The van der Waals surface area contributed by atoms with Crippen LogP contribution in [-0.2, 0) is 9.59 Å². The molecule has 0 bridgehead atoms. The summed E-state index contributed by atoms with van der Waals surface area (Å²) in [7, 11) is 0. The largest absolute Gasteiger partial charge is 0.344 e. The standard InChI is InChI=1S/C13H16BrClN2O2/c1-7(2)12(16-8(3)18)13(19)17-11-5-4-9(14)6-10(11)15/h4-7,12H,1-3H3,(H,16,18)(H,17,19)/t12-/m1/s1. The third-order valence-corrected chi connectivity index (χ3v) is 3.30. The van der Waals surface area contributed by atoms with Crippen molar-refractivity contribution in [1.82, 2.24) is 5.32 Å². The van der Waals surface area contributed by atoms with E-state index in [9.17, 15) is 9.59 Å². The topological polar surface area (TPSA) is 58.2 Å². The zero-order chi connectivity index (χ0) is 14.6. The third-order valence-electron chi connectivity index (χ3n) is 2.50. The Morgan fingerprint density at radius 3 is 2.42 bits per heavy atom. The number of anilines is 1. The van der Waals surface area contributed by atoms with Crippen molar-refractivity contribution in [3.63, 3.8) is 0 Å². The normalized spacial score (nSPS) is 12.1. The molecule has 0 aromatic heterocycles. The van der Waals surface area contributed by atoms with Gasteiger partial charge < -0.3 is 10.6 Å². The maximum Gasteiger partial charge on any atom is 0.247 e. The van der Waals surface area contributed by atoms with Gasteiger partial charge in [-0.3, -0.25) is 9.59 Å². The predicted octanol–water partition coefficient (Wildman–Crippen LogP) is 3.20. The Balaban J connectivity index is 2.84. The molecule has 0 heterocycles. The number of amides is 2. The van der Waals surface area contributed by atoms with Crippen LogP contribution in [0.25, 0.3) is 0 Å². The molecule has 0 saturated heterocycles. The van der Waals surface area contributed by atoms with E-state index in [1.165, 1.54) is 6.92 Å². The Hall–Kier alpha value is -1.07. The number of carbonyl (C=O) groups is 2. The van der Waals surface area contributed by atoms with Crippen LogP contribution in [0.1, 0.15) is 20.8 Å². The van der Waals surface area contributed by atoms with Crippen molar-refractivity contribution in [3.8, 4) is 0 Å². The first-order valence-electron chi connectivity index (χ1n) is 5.84. The van der Waals surface area contributed by atoms with Gasteiger partial charge >= 0.3 is 0 Å². The minimum absolute atomic E-state index is 0.0156. The van der Waals surface area contributed by atoms with Crippen LogP contribution in [-0.4, -0.2) is 17.9 Å². The fourth-order valence-corrected chi connectivity index (χ4v) is 2.28. The molecule has 104 valence electrons. The monoisotopic (exact) mass is 346 g/mol. The lowest BCUT2D eigenvalue weighted by atomic mass is 10.0. The van der Waals surface area contributed by atoms with E-state index in [2.05, 4.69) is 26.6 Å². The smallest absolute Gasteiger partial charge is 0.247 e. The highest BCUT2D eigenvalue weighted by Crippen LogP contribution is 2.25. The van der Waals surface area contributed by atoms with Crippen LogP contribution in [0.2, 0.25) is 5.02 Å². The summed E-state index contributed by atoms with van der Waals surface area (Å²) in [6, 6.07) is 4.59. The number of carbonyl (C=O) groups excluding carboxylic acids is 2. The Kier molecular flexibility index (Phi) is 5.82. The Bertz CT molecular complexity index is 492. The average molecular weight is 348 g/mol. The van der Waals surface area contributed by atoms with Crippen LogP contribution < -0.4 is 10.6 Å². The van der Waals surface area contributed by atoms with Gasteiger partial charge in [0.15, 0.2) is 0 Å². The lowest BCUT2D eigenvalue weighted by Crippen LogP contribution is -2.46. The Morgan fingerprint density at radius 2 is 1.95 bits per heavy atom. The second-order valence-electron chi connectivity index (χ2n) is 4.54. The van der Waals surface area contributed by atoms with Crippen LogP contribution in [0, 0.1) is 5.92 Å². The molecular weight excluding hydrogens is 332 g/mol. The van der Waals surface area contributed by atoms with E-state index in [1.807, 2.05) is 13.8 Å². The molecular formula is C13H16BrClN2O2. The molecule has 0 spiro atoms. The summed E-state index contributed by atoms with van der Waals surface area (Å²) in [5, 5.41) is 5.78. The van der Waals surface area contributed by atoms with Crippen molar-refractivity contribution < 1.29 is 9.59 Å². The molecule has 1 aromatic carbocycles. The van der Waals surface area contributed by atoms with Crippen molar-refractivity contribution in [2.45, 2.75) is 26.8 Å². The van der Waals surface area contributed by atoms with Gasteiger partial charge in [-0.25, -0.2) is 0 Å². The summed E-state index contributed by atoms with van der Waals surface area (Å²) in [5.74, 6) is -0.539. The maximum absolute atomic E-state index is 12.1. The van der Waals surface area contributed by atoms with E-state index in [0.717, 1.165) is 4.47 Å². The molecule has 0 fully saturated rings. The van der Waals surface area contributed by atoms with Crippen molar-refractivity contribution in [3.05, 3.63) is 27.7 Å². The number of benzene rings is 1. The molecule has 2 amide bonds. The molecule has 1 atom stereocenters. The molecule has 4 nitrogen and oxygen atoms in total. The van der Waals surface area contributed by atoms with E-state index in [0.29, 0.717) is 10.7 Å². The van der Waals surface area contributed by atoms with Gasteiger partial charge in [-0.15, -0.1) is 0 Å². The van der Waals surface area contributed by atoms with Crippen molar-refractivity contribution in [2.75, 3.05) is 5.32 Å². The average Bonchev–Trinajstić information content (AvgIpc) is 2.29. The zero-order valence-electron chi connectivity index (χ0n) is 11.0. The second kappa shape index (κ2) is 6.91. The lowest BCUT2D eigenvalue weighted by molar-refractivity contribution is -0.126. The van der Waals surface area contributed by atoms with Gasteiger partial charge in [0.25, 0.3) is 0 Å². The minimum Gasteiger partial charge on any atom is -0.344 e. The van der Waals surface area contributed by atoms with Crippen LogP contribution in [0.4, 0.5) is 5.69 Å². The highest BCUT2D eigenvalue weighted by Gasteiger charge is 2.23. The zero-order valence-corrected chi connectivity index (χ0v) is 13.3. The molecule has 19 heavy (non-hydrogen) atoms. The van der Waals surface area contributed by atoms with Crippen LogP contribution in [0.15, 0.2) is 22.7 Å². The first kappa shape index (κ1) is 16.0. The van der Waals surface area contributed by atoms with E-state index < -0.39 is 6.04 Å². The van der Waals surface area contributed by atoms with Gasteiger partial charge in [-0.2, -0.15) is 0 Å². The summed E-state index contributed by atoms with van der Waals surface area (Å²) >= 11 is 9.32. The van der Waals surface area contributed by atoms with Crippen LogP contribution in [0.3, 0.4) is 0 Å². The molecule has 0 unspecified atom stereocenters. The van der Waals surface area contributed by atoms with E-state index >= 15 is 0 Å². The quantitative estimate of drug-likeness (QED) is 0.878. The van der Waals surface area contributed by atoms with Gasteiger partial charge in [0.2, 0.25) is 11.8 Å². The van der Waals surface area contributed by atoms with E-state index in [1.54, 1.807) is 18.2 Å². The van der Waals surface area contributed by atoms with Crippen LogP contribution in [0.5, 0.6) is 0 Å². The molecule has 0 radical (unpaired) electrons. The van der Waals surface area contributed by atoms with Gasteiger partial charge in [0.05, 0.1) is 10.7 Å². The molecule has 1 aromatic rings. The number of nitrogens with one attached hydrogen (secondary N) is 2. The van der Waals surface area contributed by atoms with Crippen molar-refractivity contribution in [2.24, 2.45) is 5.92 Å². The highest BCUT2D eigenvalue weighted by atomic mass is 79.9. The Morgan fingerprint density at radius 1 is 1.32 bits per heavy atom. The molecule has 6 heteroatoms. The summed E-state index contributed by atoms with van der Waals surface area (Å²) in [4.78, 5) is 23.2. The van der Waals surface area contributed by atoms with E-state index in [4.69, 9.17) is 11.6 Å². The molecule has 0 aliphatic heterocycles. The molecule has 0 aliphatic rings. The van der Waals surface area contributed by atoms with Crippen molar-refractivity contribution in [1.29, 1.82) is 0 Å². The first-order valence-corrected chi connectivity index (χ1v) is 7.01. The fraction of sp³-hybridized carbons (Fsp3) is 0.385. The van der Waals surface area contributed by atoms with Crippen molar-refractivity contribution >= 4 is 45.0 Å². The molecule has 1 rings (SSSR count). The third kappa shape index (κ3) is 4.84. The molecule has 0 aliphatic carbocycles. The van der Waals surface area contributed by atoms with Gasteiger partial charge in [-0.1, -0.05) is 41.4 Å². The number of halogens is 2. The number of hydrogen-bond acceptors (Lipinski definition) is 2. The number of hydrogen-bond donors (Lipinski definition) is 2. The predicted molar refractivity (Wildman–Crippen MR) is 80.2 cm³/mol. The summed E-state index contributed by atoms with van der Waals surface area (Å²) in [6.45, 7) is 5.11. The van der Waals surface area contributed by atoms with E-state index in [-0.39, 0.29) is 17.7 Å². The van der Waals surface area contributed by atoms with Gasteiger partial charge in [-0.05, 0) is 24.1 Å². The Labute approximate surface area is 126 Å². The maximum atomic E-state index is 12.1. The minimum atomic E-state index is -0.586. The summed E-state index contributed by atoms with van der Waals surface area (Å²) in [6.07, 6.45) is 0. The summed E-state index contributed by atoms with van der Waals surface area (Å²) < 4.78 is 0.831. The highest BCUT2D eigenvalue weighted by molar-refractivity contribution is 9.10. The van der Waals surface area contributed by atoms with Crippen LogP contribution >= 0.6 is 27.5 Å². The van der Waals surface area contributed by atoms with Gasteiger partial charge in [0.1, 0.15) is 6.04 Å². The second-order valence-corrected chi connectivity index (χ2v) is 5.86. The number of rotatable bonds is 4. The molecule has 2 N–H and O–H groups in total. The summed E-state index contributed by atoms with van der Waals surface area (Å²) in [5.41, 5.74) is 0.519. The SMILES string of the molecule is CC(=O)N[C@@H](C(=O)Nc1ccc(Br)cc1Cl)C(C)C. The first-order chi connectivity index (χ1) is 8.81. The van der Waals surface area contributed by atoms with Gasteiger partial charge in [0, 0.05) is 11.4 Å². The lowest BCUT2D eigenvalue weighted by Gasteiger charge is -2.21. The molecule has 0 saturated carbocycles. The fourth-order valence-electron chi connectivity index (χ4n) is 1.56.